The van der Waals surface area contributed by atoms with Gasteiger partial charge in [-0.3, -0.25) is 0 Å². The molecule has 0 saturated heterocycles. The fourth-order valence-electron chi connectivity index (χ4n) is 0.756. The van der Waals surface area contributed by atoms with Gasteiger partial charge in [-0.05, 0) is 13.8 Å². The molecule has 14 heavy (non-hydrogen) atoms. The van der Waals surface area contributed by atoms with E-state index in [0.29, 0.717) is 6.04 Å². The van der Waals surface area contributed by atoms with E-state index in [1.165, 1.54) is 0 Å². The summed E-state index contributed by atoms with van der Waals surface area (Å²) >= 11 is 0. The predicted octanol–water partition coefficient (Wildman–Crippen LogP) is 2.86. The summed E-state index contributed by atoms with van der Waals surface area (Å²) in [5.41, 5.74) is 0. The fraction of sp³-hybridized carbons (Fsp3) is 0.375. The van der Waals surface area contributed by atoms with Crippen LogP contribution < -0.4 is 4.57 Å². The van der Waals surface area contributed by atoms with Crippen LogP contribution in [0.15, 0.2) is 30.6 Å². The Morgan fingerprint density at radius 3 is 1.50 bits per heavy atom. The summed E-state index contributed by atoms with van der Waals surface area (Å²) in [6.45, 7) is 4.33. The molecule has 80 valence electrons. The van der Waals surface area contributed by atoms with Crippen molar-refractivity contribution < 1.29 is 21.8 Å². The van der Waals surface area contributed by atoms with Gasteiger partial charge in [0, 0.05) is 12.1 Å². The summed E-state index contributed by atoms with van der Waals surface area (Å²) in [6, 6.07) is 6.69. The van der Waals surface area contributed by atoms with Crippen molar-refractivity contribution in [3.63, 3.8) is 0 Å². The van der Waals surface area contributed by atoms with E-state index in [-0.39, 0.29) is 0 Å². The summed E-state index contributed by atoms with van der Waals surface area (Å²) in [4.78, 5) is 0. The van der Waals surface area contributed by atoms with Crippen LogP contribution in [-0.2, 0) is 0 Å². The molecular weight excluding hydrogens is 197 g/mol. The summed E-state index contributed by atoms with van der Waals surface area (Å²) in [5.74, 6) is 0. The first-order valence-corrected chi connectivity index (χ1v) is 4.14. The number of hydrogen-bond donors (Lipinski definition) is 0. The highest BCUT2D eigenvalue weighted by molar-refractivity contribution is 6.50. The standard InChI is InChI=1S/C8H12N.BF4/c1-8(2)9-6-4-3-5-7-9;2-1(3,4)5/h3-8H,1-2H3;/q+1;-1. The maximum Gasteiger partial charge on any atom is 0.673 e. The predicted molar refractivity (Wildman–Crippen MR) is 47.2 cm³/mol. The molecule has 0 aliphatic heterocycles. The second kappa shape index (κ2) is 5.62. The highest BCUT2D eigenvalue weighted by Crippen LogP contribution is 2.06. The van der Waals surface area contributed by atoms with E-state index in [2.05, 4.69) is 30.8 Å². The lowest BCUT2D eigenvalue weighted by Gasteiger charge is -1.96. The van der Waals surface area contributed by atoms with Crippen molar-refractivity contribution in [2.24, 2.45) is 0 Å². The van der Waals surface area contributed by atoms with Crippen LogP contribution in [0.2, 0.25) is 0 Å². The normalized spacial score (nSPS) is 10.8. The molecule has 6 heteroatoms. The third-order valence-electron chi connectivity index (χ3n) is 1.33. The number of nitrogens with zero attached hydrogens (tertiary/aromatic N) is 1. The van der Waals surface area contributed by atoms with Crippen LogP contribution >= 0.6 is 0 Å². The van der Waals surface area contributed by atoms with Crippen LogP contribution in [0.5, 0.6) is 0 Å². The van der Waals surface area contributed by atoms with Crippen LogP contribution in [0.3, 0.4) is 0 Å². The molecule has 0 saturated carbocycles. The Hall–Kier alpha value is -1.07. The first-order chi connectivity index (χ1) is 6.30. The van der Waals surface area contributed by atoms with Gasteiger partial charge in [-0.2, -0.15) is 0 Å². The average molecular weight is 209 g/mol. The Morgan fingerprint density at radius 1 is 0.929 bits per heavy atom. The van der Waals surface area contributed by atoms with Crippen LogP contribution in [0.4, 0.5) is 17.3 Å². The van der Waals surface area contributed by atoms with Crippen LogP contribution in [0, 0.1) is 0 Å². The summed E-state index contributed by atoms with van der Waals surface area (Å²) in [6.07, 6.45) is 4.15. The Balaban J connectivity index is 0.000000292. The summed E-state index contributed by atoms with van der Waals surface area (Å²) in [5, 5.41) is 0. The highest BCUT2D eigenvalue weighted by Gasteiger charge is 2.20. The summed E-state index contributed by atoms with van der Waals surface area (Å²) in [7, 11) is -6.00. The minimum absolute atomic E-state index is 0.575. The number of hydrogen-bond acceptors (Lipinski definition) is 0. The largest absolute Gasteiger partial charge is 0.673 e. The van der Waals surface area contributed by atoms with Gasteiger partial charge in [0.1, 0.15) is 0 Å². The maximum atomic E-state index is 9.75. The molecule has 1 heterocycles. The minimum atomic E-state index is -6.00. The smallest absolute Gasteiger partial charge is 0.418 e. The van der Waals surface area contributed by atoms with Gasteiger partial charge in [-0.15, -0.1) is 0 Å². The molecule has 0 N–H and O–H groups in total. The number of rotatable bonds is 1. The summed E-state index contributed by atoms with van der Waals surface area (Å²) < 4.78 is 41.2. The van der Waals surface area contributed by atoms with Gasteiger partial charge >= 0.3 is 7.25 Å². The number of aromatic nitrogens is 1. The SMILES string of the molecule is CC(C)[n+]1ccccc1.F[B-](F)(F)F. The van der Waals surface area contributed by atoms with E-state index in [4.69, 9.17) is 0 Å². The molecular formula is C8H12BF4N. The van der Waals surface area contributed by atoms with Crippen molar-refractivity contribution in [3.8, 4) is 0 Å². The lowest BCUT2D eigenvalue weighted by Crippen LogP contribution is -2.34. The molecule has 1 aromatic rings. The van der Waals surface area contributed by atoms with Gasteiger partial charge in [-0.25, -0.2) is 4.57 Å². The van der Waals surface area contributed by atoms with E-state index >= 15 is 0 Å². The zero-order valence-corrected chi connectivity index (χ0v) is 8.00. The van der Waals surface area contributed by atoms with Crippen LogP contribution in [-0.4, -0.2) is 7.25 Å². The highest BCUT2D eigenvalue weighted by atomic mass is 19.5. The fourth-order valence-corrected chi connectivity index (χ4v) is 0.756. The second-order valence-electron chi connectivity index (χ2n) is 2.91. The zero-order valence-electron chi connectivity index (χ0n) is 8.00. The molecule has 0 atom stereocenters. The lowest BCUT2D eigenvalue weighted by molar-refractivity contribution is -0.716. The van der Waals surface area contributed by atoms with Gasteiger partial charge in [0.15, 0.2) is 18.4 Å². The molecule has 0 spiro atoms. The Labute approximate surface area is 80.5 Å². The molecule has 0 unspecified atom stereocenters. The molecule has 0 aliphatic rings. The molecule has 1 rings (SSSR count). The zero-order chi connectivity index (χ0) is 11.2. The molecule has 0 aliphatic carbocycles. The monoisotopic (exact) mass is 209 g/mol. The van der Waals surface area contributed by atoms with Crippen molar-refractivity contribution in [3.05, 3.63) is 30.6 Å². The third-order valence-corrected chi connectivity index (χ3v) is 1.33. The van der Waals surface area contributed by atoms with Gasteiger partial charge in [0.2, 0.25) is 0 Å². The quantitative estimate of drug-likeness (QED) is 0.380. The molecule has 0 amide bonds. The molecule has 1 aromatic heterocycles. The third kappa shape index (κ3) is 9.03. The first-order valence-electron chi connectivity index (χ1n) is 4.14. The molecule has 1 nitrogen and oxygen atoms in total. The van der Waals surface area contributed by atoms with Gasteiger partial charge < -0.3 is 17.3 Å². The number of pyridine rings is 1. The van der Waals surface area contributed by atoms with Gasteiger partial charge in [0.25, 0.3) is 0 Å². The maximum absolute atomic E-state index is 9.75. The Bertz CT molecular complexity index is 241. The molecule has 0 aromatic carbocycles. The second-order valence-corrected chi connectivity index (χ2v) is 2.91. The van der Waals surface area contributed by atoms with E-state index in [0.717, 1.165) is 0 Å². The van der Waals surface area contributed by atoms with Crippen molar-refractivity contribution in [1.29, 1.82) is 0 Å². The molecule has 0 radical (unpaired) electrons. The van der Waals surface area contributed by atoms with Crippen molar-refractivity contribution in [2.75, 3.05) is 0 Å². The van der Waals surface area contributed by atoms with Crippen molar-refractivity contribution in [2.45, 2.75) is 19.9 Å². The van der Waals surface area contributed by atoms with E-state index < -0.39 is 7.25 Å². The van der Waals surface area contributed by atoms with Crippen LogP contribution in [0.25, 0.3) is 0 Å². The van der Waals surface area contributed by atoms with Crippen molar-refractivity contribution in [1.82, 2.24) is 0 Å². The van der Waals surface area contributed by atoms with E-state index in [1.807, 2.05) is 18.2 Å². The average Bonchev–Trinajstić information content (AvgIpc) is 2.03. The van der Waals surface area contributed by atoms with E-state index in [9.17, 15) is 17.3 Å². The minimum Gasteiger partial charge on any atom is -0.418 e. The van der Waals surface area contributed by atoms with Gasteiger partial charge in [0.05, 0.1) is 0 Å². The Kier molecular flexibility index (Phi) is 5.19. The van der Waals surface area contributed by atoms with Crippen LogP contribution in [0.1, 0.15) is 19.9 Å². The first kappa shape index (κ1) is 12.9. The van der Waals surface area contributed by atoms with E-state index in [1.54, 1.807) is 0 Å². The number of halogens is 4. The topological polar surface area (TPSA) is 3.88 Å². The molecule has 0 fully saturated rings. The Morgan fingerprint density at radius 2 is 1.29 bits per heavy atom. The van der Waals surface area contributed by atoms with Gasteiger partial charge in [-0.1, -0.05) is 6.07 Å². The molecule has 0 bridgehead atoms. The van der Waals surface area contributed by atoms with Crippen molar-refractivity contribution >= 4 is 7.25 Å². The lowest BCUT2D eigenvalue weighted by atomic mass is 10.3.